The monoisotopic (exact) mass is 407 g/mol. The molecule has 1 heterocycles. The molecular weight excluding hydrogens is 394 g/mol. The number of hydrogen-bond donors (Lipinski definition) is 1. The molecule has 0 saturated heterocycles. The number of nitrogens with one attached hydrogen (secondary N) is 1. The fourth-order valence-electron chi connectivity index (χ4n) is 2.60. The lowest BCUT2D eigenvalue weighted by atomic mass is 10.1. The van der Waals surface area contributed by atoms with Crippen molar-refractivity contribution < 1.29 is 14.1 Å². The van der Waals surface area contributed by atoms with E-state index >= 15 is 0 Å². The summed E-state index contributed by atoms with van der Waals surface area (Å²) >= 11 is 6.11. The molecule has 0 aliphatic rings. The van der Waals surface area contributed by atoms with Crippen molar-refractivity contribution in [1.29, 1.82) is 5.26 Å². The molecule has 1 N–H and O–H groups in total. The van der Waals surface area contributed by atoms with Gasteiger partial charge in [-0.05, 0) is 42.8 Å². The molecule has 29 heavy (non-hydrogen) atoms. The Bertz CT molecular complexity index is 1170. The lowest BCUT2D eigenvalue weighted by molar-refractivity contribution is -0.384. The third-order valence-electron chi connectivity index (χ3n) is 3.98. The van der Waals surface area contributed by atoms with Crippen LogP contribution < -0.4 is 5.32 Å². The summed E-state index contributed by atoms with van der Waals surface area (Å²) in [6, 6.07) is 16.2. The van der Waals surface area contributed by atoms with Crippen LogP contribution in [0.4, 0.5) is 11.4 Å². The first kappa shape index (κ1) is 19.9. The Kier molecular flexibility index (Phi) is 5.77. The van der Waals surface area contributed by atoms with Crippen molar-refractivity contribution in [3.05, 3.63) is 86.6 Å². The highest BCUT2D eigenvalue weighted by Crippen LogP contribution is 2.32. The predicted molar refractivity (Wildman–Crippen MR) is 109 cm³/mol. The molecule has 144 valence electrons. The number of nitro benzene ring substituents is 1. The van der Waals surface area contributed by atoms with Crippen molar-refractivity contribution in [2.45, 2.75) is 6.92 Å². The third kappa shape index (κ3) is 4.69. The van der Waals surface area contributed by atoms with Crippen LogP contribution in [0.15, 0.2) is 64.6 Å². The molecule has 8 heteroatoms. The van der Waals surface area contributed by atoms with Gasteiger partial charge in [0.05, 0.1) is 9.95 Å². The second-order valence-electron chi connectivity index (χ2n) is 6.12. The first-order valence-electron chi connectivity index (χ1n) is 8.41. The molecule has 7 nitrogen and oxygen atoms in total. The van der Waals surface area contributed by atoms with E-state index in [9.17, 15) is 20.2 Å². The quantitative estimate of drug-likeness (QED) is 0.265. The molecule has 0 bridgehead atoms. The largest absolute Gasteiger partial charge is 0.457 e. The lowest BCUT2D eigenvalue weighted by Crippen LogP contribution is -2.13. The lowest BCUT2D eigenvalue weighted by Gasteiger charge is -2.04. The number of hydrogen-bond acceptors (Lipinski definition) is 5. The average Bonchev–Trinajstić information content (AvgIpc) is 3.14. The van der Waals surface area contributed by atoms with E-state index in [0.717, 1.165) is 5.56 Å². The van der Waals surface area contributed by atoms with Crippen molar-refractivity contribution >= 4 is 35.0 Å². The Labute approximate surface area is 171 Å². The number of carbonyl (C=O) groups excluding carboxylic acids is 1. The molecule has 0 unspecified atom stereocenters. The molecule has 0 atom stereocenters. The Morgan fingerprint density at radius 1 is 1.24 bits per heavy atom. The van der Waals surface area contributed by atoms with Crippen LogP contribution in [0.25, 0.3) is 17.4 Å². The molecule has 3 rings (SSSR count). The van der Waals surface area contributed by atoms with Crippen molar-refractivity contribution in [2.75, 3.05) is 5.32 Å². The normalized spacial score (nSPS) is 11.0. The maximum absolute atomic E-state index is 12.4. The molecule has 0 saturated carbocycles. The first-order valence-corrected chi connectivity index (χ1v) is 8.79. The number of furan rings is 1. The maximum atomic E-state index is 12.4. The second-order valence-corrected chi connectivity index (χ2v) is 6.52. The number of nitriles is 1. The summed E-state index contributed by atoms with van der Waals surface area (Å²) in [6.07, 6.45) is 1.31. The highest BCUT2D eigenvalue weighted by Gasteiger charge is 2.15. The molecule has 2 aromatic carbocycles. The number of aryl methyl sites for hydroxylation is 1. The number of anilines is 1. The van der Waals surface area contributed by atoms with Gasteiger partial charge < -0.3 is 9.73 Å². The standard InChI is InChI=1S/C21H14ClN3O4/c1-13-3-2-4-15(9-13)24-21(26)14(12-23)10-17-6-8-20(29-17)18-7-5-16(25(27)28)11-19(18)22/h2-11H,1H3,(H,24,26)/b14-10+. The van der Waals surface area contributed by atoms with E-state index in [2.05, 4.69) is 5.32 Å². The van der Waals surface area contributed by atoms with Gasteiger partial charge in [-0.25, -0.2) is 0 Å². The number of non-ortho nitro benzene ring substituents is 1. The topological polar surface area (TPSA) is 109 Å². The summed E-state index contributed by atoms with van der Waals surface area (Å²) in [4.78, 5) is 22.6. The molecule has 0 radical (unpaired) electrons. The molecule has 3 aromatic rings. The van der Waals surface area contributed by atoms with E-state index in [1.165, 1.54) is 24.3 Å². The zero-order chi connectivity index (χ0) is 21.0. The smallest absolute Gasteiger partial charge is 0.270 e. The summed E-state index contributed by atoms with van der Waals surface area (Å²) in [5, 5.41) is 23.0. The van der Waals surface area contributed by atoms with E-state index < -0.39 is 10.8 Å². The Morgan fingerprint density at radius 2 is 2.03 bits per heavy atom. The number of benzene rings is 2. The van der Waals surface area contributed by atoms with Crippen molar-refractivity contribution in [1.82, 2.24) is 0 Å². The average molecular weight is 408 g/mol. The zero-order valence-corrected chi connectivity index (χ0v) is 15.9. The third-order valence-corrected chi connectivity index (χ3v) is 4.30. The van der Waals surface area contributed by atoms with E-state index in [1.807, 2.05) is 19.1 Å². The van der Waals surface area contributed by atoms with E-state index in [4.69, 9.17) is 16.0 Å². The summed E-state index contributed by atoms with van der Waals surface area (Å²) in [6.45, 7) is 1.89. The predicted octanol–water partition coefficient (Wildman–Crippen LogP) is 5.36. The van der Waals surface area contributed by atoms with E-state index in [-0.39, 0.29) is 22.0 Å². The number of carbonyl (C=O) groups is 1. The van der Waals surface area contributed by atoms with E-state index in [1.54, 1.807) is 30.3 Å². The number of rotatable bonds is 5. The van der Waals surface area contributed by atoms with Crippen LogP contribution in [0.2, 0.25) is 5.02 Å². The van der Waals surface area contributed by atoms with Gasteiger partial charge in [-0.2, -0.15) is 5.26 Å². The minimum Gasteiger partial charge on any atom is -0.457 e. The minimum absolute atomic E-state index is 0.134. The summed E-state index contributed by atoms with van der Waals surface area (Å²) < 4.78 is 5.64. The van der Waals surface area contributed by atoms with Gasteiger partial charge in [0, 0.05) is 29.5 Å². The highest BCUT2D eigenvalue weighted by molar-refractivity contribution is 6.33. The number of amides is 1. The van der Waals surface area contributed by atoms with Crippen molar-refractivity contribution in [3.63, 3.8) is 0 Å². The summed E-state index contributed by atoms with van der Waals surface area (Å²) in [5.74, 6) is 0.0577. The Balaban J connectivity index is 1.83. The minimum atomic E-state index is -0.565. The van der Waals surface area contributed by atoms with Crippen LogP contribution in [-0.2, 0) is 4.79 Å². The maximum Gasteiger partial charge on any atom is 0.270 e. The molecule has 1 amide bonds. The zero-order valence-electron chi connectivity index (χ0n) is 15.2. The van der Waals surface area contributed by atoms with Gasteiger partial charge >= 0.3 is 0 Å². The van der Waals surface area contributed by atoms with Crippen molar-refractivity contribution in [2.24, 2.45) is 0 Å². The number of nitro groups is 1. The second kappa shape index (κ2) is 8.42. The fourth-order valence-corrected chi connectivity index (χ4v) is 2.87. The molecule has 0 fully saturated rings. The molecule has 0 aliphatic carbocycles. The Hall–Kier alpha value is -3.89. The van der Waals surface area contributed by atoms with Gasteiger partial charge in [-0.3, -0.25) is 14.9 Å². The summed E-state index contributed by atoms with van der Waals surface area (Å²) in [5.41, 5.74) is 1.74. The van der Waals surface area contributed by atoms with Gasteiger partial charge in [0.2, 0.25) is 0 Å². The molecule has 0 aliphatic heterocycles. The van der Waals surface area contributed by atoms with Crippen LogP contribution >= 0.6 is 11.6 Å². The number of nitrogens with zero attached hydrogens (tertiary/aromatic N) is 2. The number of halogens is 1. The fraction of sp³-hybridized carbons (Fsp3) is 0.0476. The van der Waals surface area contributed by atoms with Gasteiger partial charge in [0.15, 0.2) is 0 Å². The van der Waals surface area contributed by atoms with E-state index in [0.29, 0.717) is 17.0 Å². The van der Waals surface area contributed by atoms with Gasteiger partial charge in [0.1, 0.15) is 23.2 Å². The molecule has 1 aromatic heterocycles. The Morgan fingerprint density at radius 3 is 2.69 bits per heavy atom. The molecule has 0 spiro atoms. The van der Waals surface area contributed by atoms with Gasteiger partial charge in [0.25, 0.3) is 11.6 Å². The van der Waals surface area contributed by atoms with Crippen LogP contribution in [-0.4, -0.2) is 10.8 Å². The van der Waals surface area contributed by atoms with Gasteiger partial charge in [-0.1, -0.05) is 23.7 Å². The molecular formula is C21H14ClN3O4. The van der Waals surface area contributed by atoms with Gasteiger partial charge in [-0.15, -0.1) is 0 Å². The van der Waals surface area contributed by atoms with Crippen LogP contribution in [0.1, 0.15) is 11.3 Å². The van der Waals surface area contributed by atoms with Crippen LogP contribution in [0.5, 0.6) is 0 Å². The summed E-state index contributed by atoms with van der Waals surface area (Å²) in [7, 11) is 0. The van der Waals surface area contributed by atoms with Crippen LogP contribution in [0, 0.1) is 28.4 Å². The van der Waals surface area contributed by atoms with Crippen LogP contribution in [0.3, 0.4) is 0 Å². The SMILES string of the molecule is Cc1cccc(NC(=O)/C(C#N)=C/c2ccc(-c3ccc([N+](=O)[O-])cc3Cl)o2)c1. The highest BCUT2D eigenvalue weighted by atomic mass is 35.5. The van der Waals surface area contributed by atoms with Crippen molar-refractivity contribution in [3.8, 4) is 17.4 Å². The first-order chi connectivity index (χ1) is 13.9.